The van der Waals surface area contributed by atoms with Gasteiger partial charge in [0, 0.05) is 19.2 Å². The quantitative estimate of drug-likeness (QED) is 0.762. The largest absolute Gasteiger partial charge is 0.396 e. The zero-order valence-electron chi connectivity index (χ0n) is 8.90. The smallest absolute Gasteiger partial charge is 0.0991 e. The zero-order valence-corrected chi connectivity index (χ0v) is 8.90. The molecule has 0 amide bonds. The summed E-state index contributed by atoms with van der Waals surface area (Å²) in [4.78, 5) is 0. The highest BCUT2D eigenvalue weighted by Crippen LogP contribution is 2.03. The van der Waals surface area contributed by atoms with Crippen LogP contribution < -0.4 is 5.32 Å². The first kappa shape index (κ1) is 11.7. The molecule has 3 nitrogen and oxygen atoms in total. The Hall–Kier alpha value is -1.37. The summed E-state index contributed by atoms with van der Waals surface area (Å²) in [6.45, 7) is 3.02. The van der Waals surface area contributed by atoms with Crippen molar-refractivity contribution in [1.29, 1.82) is 5.26 Å². The minimum atomic E-state index is 0.210. The van der Waals surface area contributed by atoms with Gasteiger partial charge in [0.2, 0.25) is 0 Å². The van der Waals surface area contributed by atoms with Crippen molar-refractivity contribution in [2.45, 2.75) is 25.9 Å². The molecule has 3 heteroatoms. The number of aliphatic hydroxyl groups excluding tert-OH is 1. The van der Waals surface area contributed by atoms with E-state index < -0.39 is 0 Å². The number of nitrogens with zero attached hydrogens (tertiary/aromatic N) is 1. The van der Waals surface area contributed by atoms with Gasteiger partial charge in [-0.05, 0) is 31.0 Å². The Morgan fingerprint density at radius 2 is 2.07 bits per heavy atom. The van der Waals surface area contributed by atoms with Crippen LogP contribution in [0.3, 0.4) is 0 Å². The van der Waals surface area contributed by atoms with E-state index in [9.17, 15) is 0 Å². The molecule has 0 aliphatic rings. The third kappa shape index (κ3) is 4.11. The van der Waals surface area contributed by atoms with Crippen LogP contribution in [-0.4, -0.2) is 17.8 Å². The van der Waals surface area contributed by atoms with Gasteiger partial charge in [-0.3, -0.25) is 0 Å². The maximum Gasteiger partial charge on any atom is 0.0991 e. The summed E-state index contributed by atoms with van der Waals surface area (Å²) in [6, 6.07) is 9.91. The summed E-state index contributed by atoms with van der Waals surface area (Å²) in [5.41, 5.74) is 1.83. The third-order valence-electron chi connectivity index (χ3n) is 2.30. The Bertz CT molecular complexity index is 326. The molecule has 0 aliphatic carbocycles. The van der Waals surface area contributed by atoms with Gasteiger partial charge in [0.25, 0.3) is 0 Å². The first-order valence-corrected chi connectivity index (χ1v) is 5.09. The van der Waals surface area contributed by atoms with E-state index >= 15 is 0 Å². The molecule has 1 aromatic rings. The first-order chi connectivity index (χ1) is 7.26. The molecular weight excluding hydrogens is 188 g/mol. The molecule has 0 aliphatic heterocycles. The summed E-state index contributed by atoms with van der Waals surface area (Å²) < 4.78 is 0. The monoisotopic (exact) mass is 204 g/mol. The van der Waals surface area contributed by atoms with Gasteiger partial charge in [-0.25, -0.2) is 0 Å². The number of nitrogens with one attached hydrogen (secondary N) is 1. The molecule has 0 radical (unpaired) electrons. The normalized spacial score (nSPS) is 12.1. The van der Waals surface area contributed by atoms with Crippen molar-refractivity contribution in [3.8, 4) is 6.07 Å². The predicted molar refractivity (Wildman–Crippen MR) is 59.2 cm³/mol. The molecule has 0 bridgehead atoms. The zero-order chi connectivity index (χ0) is 11.1. The second-order valence-corrected chi connectivity index (χ2v) is 3.60. The van der Waals surface area contributed by atoms with Crippen molar-refractivity contribution in [1.82, 2.24) is 5.32 Å². The van der Waals surface area contributed by atoms with Crippen molar-refractivity contribution in [3.63, 3.8) is 0 Å². The number of aliphatic hydroxyl groups is 1. The van der Waals surface area contributed by atoms with Crippen molar-refractivity contribution in [2.75, 3.05) is 6.61 Å². The Morgan fingerprint density at radius 1 is 1.40 bits per heavy atom. The lowest BCUT2D eigenvalue weighted by molar-refractivity contribution is 0.268. The fourth-order valence-electron chi connectivity index (χ4n) is 1.28. The minimum Gasteiger partial charge on any atom is -0.396 e. The molecule has 0 heterocycles. The van der Waals surface area contributed by atoms with Crippen molar-refractivity contribution < 1.29 is 5.11 Å². The van der Waals surface area contributed by atoms with Crippen LogP contribution in [0.25, 0.3) is 0 Å². The minimum absolute atomic E-state index is 0.210. The molecule has 0 fully saturated rings. The van der Waals surface area contributed by atoms with Gasteiger partial charge in [-0.2, -0.15) is 5.26 Å². The molecule has 15 heavy (non-hydrogen) atoms. The predicted octanol–water partition coefficient (Wildman–Crippen LogP) is 1.42. The molecule has 0 saturated heterocycles. The van der Waals surface area contributed by atoms with E-state index in [1.807, 2.05) is 31.2 Å². The molecule has 80 valence electrons. The van der Waals surface area contributed by atoms with Crippen LogP contribution in [0, 0.1) is 11.3 Å². The van der Waals surface area contributed by atoms with E-state index in [0.717, 1.165) is 18.5 Å². The fraction of sp³-hybridized carbons (Fsp3) is 0.417. The highest BCUT2D eigenvalue weighted by Gasteiger charge is 2.00. The summed E-state index contributed by atoms with van der Waals surface area (Å²) >= 11 is 0. The second-order valence-electron chi connectivity index (χ2n) is 3.60. The number of rotatable bonds is 5. The van der Waals surface area contributed by atoms with Gasteiger partial charge < -0.3 is 10.4 Å². The average Bonchev–Trinajstić information content (AvgIpc) is 2.27. The summed E-state index contributed by atoms with van der Waals surface area (Å²) in [5.74, 6) is 0. The van der Waals surface area contributed by atoms with Crippen molar-refractivity contribution in [3.05, 3.63) is 35.4 Å². The standard InChI is InChI=1S/C12H16N2O/c1-10(6-7-15)14-9-12-4-2-11(8-13)3-5-12/h2-5,10,14-15H,6-7,9H2,1H3/t10-/m1/s1. The highest BCUT2D eigenvalue weighted by molar-refractivity contribution is 5.31. The van der Waals surface area contributed by atoms with Crippen molar-refractivity contribution in [2.24, 2.45) is 0 Å². The molecule has 0 unspecified atom stereocenters. The fourth-order valence-corrected chi connectivity index (χ4v) is 1.28. The van der Waals surface area contributed by atoms with Crippen molar-refractivity contribution >= 4 is 0 Å². The summed E-state index contributed by atoms with van der Waals surface area (Å²) in [7, 11) is 0. The van der Waals surface area contributed by atoms with Gasteiger partial charge >= 0.3 is 0 Å². The van der Waals surface area contributed by atoms with Crippen LogP contribution in [0.4, 0.5) is 0 Å². The van der Waals surface area contributed by atoms with E-state index in [-0.39, 0.29) is 6.61 Å². The molecule has 0 saturated carbocycles. The third-order valence-corrected chi connectivity index (χ3v) is 2.30. The Balaban J connectivity index is 2.41. The highest BCUT2D eigenvalue weighted by atomic mass is 16.3. The van der Waals surface area contributed by atoms with E-state index in [1.54, 1.807) is 0 Å². The van der Waals surface area contributed by atoms with E-state index in [2.05, 4.69) is 11.4 Å². The van der Waals surface area contributed by atoms with Gasteiger partial charge in [0.15, 0.2) is 0 Å². The average molecular weight is 204 g/mol. The topological polar surface area (TPSA) is 56.0 Å². The second kappa shape index (κ2) is 6.18. The number of hydrogen-bond donors (Lipinski definition) is 2. The van der Waals surface area contributed by atoms with Crippen LogP contribution >= 0.6 is 0 Å². The Kier molecular flexibility index (Phi) is 4.82. The van der Waals surface area contributed by atoms with Gasteiger partial charge in [-0.15, -0.1) is 0 Å². The maximum atomic E-state index is 8.73. The molecule has 2 N–H and O–H groups in total. The lowest BCUT2D eigenvalue weighted by Gasteiger charge is -2.11. The van der Waals surface area contributed by atoms with Gasteiger partial charge in [0.05, 0.1) is 11.6 Å². The molecular formula is C12H16N2O. The first-order valence-electron chi connectivity index (χ1n) is 5.09. The Morgan fingerprint density at radius 3 is 2.60 bits per heavy atom. The number of benzene rings is 1. The van der Waals surface area contributed by atoms with E-state index in [4.69, 9.17) is 10.4 Å². The molecule has 1 aromatic carbocycles. The lowest BCUT2D eigenvalue weighted by Crippen LogP contribution is -2.26. The lowest BCUT2D eigenvalue weighted by atomic mass is 10.1. The summed E-state index contributed by atoms with van der Waals surface area (Å²) in [5, 5.41) is 20.6. The number of hydrogen-bond acceptors (Lipinski definition) is 3. The molecule has 0 aromatic heterocycles. The van der Waals surface area contributed by atoms with Gasteiger partial charge in [0.1, 0.15) is 0 Å². The molecule has 1 atom stereocenters. The SMILES string of the molecule is C[C@H](CCO)NCc1ccc(C#N)cc1. The van der Waals surface area contributed by atoms with Crippen LogP contribution in [0.5, 0.6) is 0 Å². The molecule has 0 spiro atoms. The number of nitriles is 1. The summed E-state index contributed by atoms with van der Waals surface area (Å²) in [6.07, 6.45) is 0.760. The van der Waals surface area contributed by atoms with E-state index in [0.29, 0.717) is 11.6 Å². The van der Waals surface area contributed by atoms with Gasteiger partial charge in [-0.1, -0.05) is 12.1 Å². The Labute approximate surface area is 90.4 Å². The van der Waals surface area contributed by atoms with Crippen LogP contribution in [0.15, 0.2) is 24.3 Å². The maximum absolute atomic E-state index is 8.73. The van der Waals surface area contributed by atoms with Crippen LogP contribution in [0.2, 0.25) is 0 Å². The van der Waals surface area contributed by atoms with E-state index in [1.165, 1.54) is 0 Å². The van der Waals surface area contributed by atoms with Crippen LogP contribution in [-0.2, 0) is 6.54 Å². The van der Waals surface area contributed by atoms with Crippen LogP contribution in [0.1, 0.15) is 24.5 Å². The molecule has 1 rings (SSSR count).